The number of carbonyl (C=O) groups excluding carboxylic acids is 1. The maximum Gasteiger partial charge on any atom is 0.338 e. The lowest BCUT2D eigenvalue weighted by Crippen LogP contribution is -2.27. The number of hydrogen-bond acceptors (Lipinski definition) is 4. The Kier molecular flexibility index (Phi) is 6.21. The molecule has 0 unspecified atom stereocenters. The summed E-state index contributed by atoms with van der Waals surface area (Å²) in [7, 11) is 0. The van der Waals surface area contributed by atoms with Gasteiger partial charge in [0.2, 0.25) is 0 Å². The second-order valence-corrected chi connectivity index (χ2v) is 5.52. The Hall–Kier alpha value is -1.39. The number of aliphatic hydroxyl groups is 1. The number of ether oxygens (including phenoxy) is 2. The first-order valence-electron chi connectivity index (χ1n) is 7.77. The average Bonchev–Trinajstić information content (AvgIpc) is 2.90. The molecule has 1 aliphatic heterocycles. The number of aliphatic hydroxyl groups excluding tert-OH is 1. The highest BCUT2D eigenvalue weighted by molar-refractivity contribution is 5.89. The van der Waals surface area contributed by atoms with Crippen molar-refractivity contribution in [2.45, 2.75) is 57.3 Å². The maximum absolute atomic E-state index is 12.1. The van der Waals surface area contributed by atoms with Gasteiger partial charge in [0, 0.05) is 6.42 Å². The summed E-state index contributed by atoms with van der Waals surface area (Å²) >= 11 is 0. The zero-order chi connectivity index (χ0) is 15.1. The Bertz CT molecular complexity index is 432. The van der Waals surface area contributed by atoms with Crippen molar-refractivity contribution in [3.8, 4) is 0 Å². The van der Waals surface area contributed by atoms with Crippen LogP contribution >= 0.6 is 0 Å². The Morgan fingerprint density at radius 1 is 1.33 bits per heavy atom. The normalized spacial score (nSPS) is 25.0. The van der Waals surface area contributed by atoms with E-state index in [0.29, 0.717) is 12.0 Å². The van der Waals surface area contributed by atoms with Gasteiger partial charge < -0.3 is 14.6 Å². The third-order valence-electron chi connectivity index (χ3n) is 3.84. The molecule has 1 aromatic rings. The molecule has 0 spiro atoms. The molecule has 0 radical (unpaired) electrons. The van der Waals surface area contributed by atoms with Gasteiger partial charge in [0.05, 0.1) is 24.4 Å². The predicted octanol–water partition coefficient (Wildman–Crippen LogP) is 2.94. The van der Waals surface area contributed by atoms with Gasteiger partial charge in [0.25, 0.3) is 0 Å². The summed E-state index contributed by atoms with van der Waals surface area (Å²) in [6.07, 6.45) is 4.22. The molecule has 4 nitrogen and oxygen atoms in total. The van der Waals surface area contributed by atoms with Crippen LogP contribution in [0.3, 0.4) is 0 Å². The summed E-state index contributed by atoms with van der Waals surface area (Å²) in [5.74, 6) is -0.316. The van der Waals surface area contributed by atoms with Gasteiger partial charge in [0.15, 0.2) is 0 Å². The molecule has 1 aliphatic rings. The molecule has 0 amide bonds. The molecule has 21 heavy (non-hydrogen) atoms. The van der Waals surface area contributed by atoms with Crippen LogP contribution in [-0.2, 0) is 9.47 Å². The van der Waals surface area contributed by atoms with Crippen molar-refractivity contribution in [3.05, 3.63) is 35.9 Å². The van der Waals surface area contributed by atoms with Gasteiger partial charge in [-0.1, -0.05) is 44.4 Å². The highest BCUT2D eigenvalue weighted by atomic mass is 16.6. The van der Waals surface area contributed by atoms with Crippen LogP contribution < -0.4 is 0 Å². The van der Waals surface area contributed by atoms with Crippen molar-refractivity contribution in [1.82, 2.24) is 0 Å². The van der Waals surface area contributed by atoms with E-state index in [1.54, 1.807) is 12.1 Å². The number of hydrogen-bond donors (Lipinski definition) is 1. The first-order valence-corrected chi connectivity index (χ1v) is 7.77. The van der Waals surface area contributed by atoms with E-state index in [0.717, 1.165) is 25.7 Å². The Balaban J connectivity index is 1.93. The van der Waals surface area contributed by atoms with Gasteiger partial charge >= 0.3 is 5.97 Å². The molecule has 0 bridgehead atoms. The molecule has 0 aliphatic carbocycles. The molecule has 1 saturated heterocycles. The fraction of sp³-hybridized carbons (Fsp3) is 0.588. The van der Waals surface area contributed by atoms with E-state index in [9.17, 15) is 9.90 Å². The summed E-state index contributed by atoms with van der Waals surface area (Å²) in [4.78, 5) is 12.1. The van der Waals surface area contributed by atoms with Crippen LogP contribution in [0, 0.1) is 0 Å². The van der Waals surface area contributed by atoms with E-state index in [4.69, 9.17) is 9.47 Å². The van der Waals surface area contributed by atoms with E-state index in [-0.39, 0.29) is 30.9 Å². The summed E-state index contributed by atoms with van der Waals surface area (Å²) in [6, 6.07) is 8.99. The van der Waals surface area contributed by atoms with Crippen molar-refractivity contribution in [3.63, 3.8) is 0 Å². The summed E-state index contributed by atoms with van der Waals surface area (Å²) < 4.78 is 11.4. The van der Waals surface area contributed by atoms with Crippen molar-refractivity contribution in [1.29, 1.82) is 0 Å². The van der Waals surface area contributed by atoms with Crippen LogP contribution in [0.1, 0.15) is 49.4 Å². The Labute approximate surface area is 126 Å². The van der Waals surface area contributed by atoms with Crippen LogP contribution in [0.2, 0.25) is 0 Å². The summed E-state index contributed by atoms with van der Waals surface area (Å²) in [5, 5.41) is 9.26. The van der Waals surface area contributed by atoms with Crippen LogP contribution in [0.4, 0.5) is 0 Å². The Morgan fingerprint density at radius 3 is 2.76 bits per heavy atom. The highest BCUT2D eigenvalue weighted by Crippen LogP contribution is 2.27. The number of carbonyl (C=O) groups is 1. The zero-order valence-corrected chi connectivity index (χ0v) is 12.5. The minimum absolute atomic E-state index is 0.0241. The SMILES string of the molecule is CCCCC[C@@H]1O[C@H](CO)C[C@@H]1OC(=O)c1ccccc1. The topological polar surface area (TPSA) is 55.8 Å². The molecule has 116 valence electrons. The van der Waals surface area contributed by atoms with E-state index in [1.165, 1.54) is 0 Å². The molecule has 4 heteroatoms. The molecule has 0 aromatic heterocycles. The van der Waals surface area contributed by atoms with Crippen LogP contribution in [0.25, 0.3) is 0 Å². The van der Waals surface area contributed by atoms with Crippen molar-refractivity contribution < 1.29 is 19.4 Å². The van der Waals surface area contributed by atoms with Crippen molar-refractivity contribution in [2.24, 2.45) is 0 Å². The van der Waals surface area contributed by atoms with Crippen molar-refractivity contribution >= 4 is 5.97 Å². The molecule has 3 atom stereocenters. The minimum atomic E-state index is -0.316. The van der Waals surface area contributed by atoms with Crippen LogP contribution in [0.15, 0.2) is 30.3 Å². The van der Waals surface area contributed by atoms with E-state index in [1.807, 2.05) is 18.2 Å². The van der Waals surface area contributed by atoms with Gasteiger partial charge in [-0.15, -0.1) is 0 Å². The van der Waals surface area contributed by atoms with Gasteiger partial charge in [-0.25, -0.2) is 4.79 Å². The van der Waals surface area contributed by atoms with E-state index < -0.39 is 0 Å². The van der Waals surface area contributed by atoms with E-state index in [2.05, 4.69) is 6.92 Å². The molecule has 1 N–H and O–H groups in total. The Morgan fingerprint density at radius 2 is 2.10 bits per heavy atom. The average molecular weight is 292 g/mol. The number of benzene rings is 1. The number of rotatable bonds is 7. The lowest BCUT2D eigenvalue weighted by Gasteiger charge is -2.19. The molecular weight excluding hydrogens is 268 g/mol. The van der Waals surface area contributed by atoms with E-state index >= 15 is 0 Å². The molecule has 1 fully saturated rings. The third-order valence-corrected chi connectivity index (χ3v) is 3.84. The van der Waals surface area contributed by atoms with Gasteiger partial charge in [0.1, 0.15) is 6.10 Å². The number of esters is 1. The predicted molar refractivity (Wildman–Crippen MR) is 80.2 cm³/mol. The molecule has 1 heterocycles. The quantitative estimate of drug-likeness (QED) is 0.620. The lowest BCUT2D eigenvalue weighted by atomic mass is 10.0. The van der Waals surface area contributed by atoms with Crippen LogP contribution in [-0.4, -0.2) is 36.0 Å². The molecular formula is C17H24O4. The van der Waals surface area contributed by atoms with Crippen LogP contribution in [0.5, 0.6) is 0 Å². The summed E-state index contributed by atoms with van der Waals surface area (Å²) in [5.41, 5.74) is 0.553. The minimum Gasteiger partial charge on any atom is -0.456 e. The maximum atomic E-state index is 12.1. The smallest absolute Gasteiger partial charge is 0.338 e. The standard InChI is InChI=1S/C17H24O4/c1-2-3-5-10-15-16(11-14(12-18)20-15)21-17(19)13-8-6-4-7-9-13/h4,6-9,14-16,18H,2-3,5,10-12H2,1H3/t14-,15-,16-/m0/s1. The first-order chi connectivity index (χ1) is 10.2. The fourth-order valence-electron chi connectivity index (χ4n) is 2.67. The van der Waals surface area contributed by atoms with Gasteiger partial charge in [-0.3, -0.25) is 0 Å². The first kappa shape index (κ1) is 16.0. The molecule has 2 rings (SSSR count). The monoisotopic (exact) mass is 292 g/mol. The lowest BCUT2D eigenvalue weighted by molar-refractivity contribution is -0.0256. The number of unbranched alkanes of at least 4 members (excludes halogenated alkanes) is 2. The van der Waals surface area contributed by atoms with Gasteiger partial charge in [-0.2, -0.15) is 0 Å². The third kappa shape index (κ3) is 4.55. The molecule has 1 aromatic carbocycles. The zero-order valence-electron chi connectivity index (χ0n) is 12.5. The van der Waals surface area contributed by atoms with Crippen molar-refractivity contribution in [2.75, 3.05) is 6.61 Å². The summed E-state index contributed by atoms with van der Waals surface area (Å²) in [6.45, 7) is 2.13. The second kappa shape index (κ2) is 8.15. The second-order valence-electron chi connectivity index (χ2n) is 5.52. The largest absolute Gasteiger partial charge is 0.456 e. The highest BCUT2D eigenvalue weighted by Gasteiger charge is 2.37. The molecule has 0 saturated carbocycles. The van der Waals surface area contributed by atoms with Gasteiger partial charge in [-0.05, 0) is 18.6 Å². The fourth-order valence-corrected chi connectivity index (χ4v) is 2.67.